The molecule has 192 valence electrons. The maximum atomic E-state index is 14.5. The minimum absolute atomic E-state index is 0.190. The van der Waals surface area contributed by atoms with E-state index in [4.69, 9.17) is 21.1 Å². The summed E-state index contributed by atoms with van der Waals surface area (Å²) in [4.78, 5) is 11.6. The summed E-state index contributed by atoms with van der Waals surface area (Å²) in [6, 6.07) is 8.30. The summed E-state index contributed by atoms with van der Waals surface area (Å²) in [7, 11) is 0. The van der Waals surface area contributed by atoms with E-state index in [1.54, 1.807) is 6.92 Å². The zero-order valence-corrected chi connectivity index (χ0v) is 20.1. The van der Waals surface area contributed by atoms with Crippen LogP contribution in [-0.2, 0) is 16.1 Å². The van der Waals surface area contributed by atoms with Crippen LogP contribution in [-0.4, -0.2) is 21.8 Å². The second-order valence-electron chi connectivity index (χ2n) is 8.79. The van der Waals surface area contributed by atoms with Crippen molar-refractivity contribution in [2.24, 2.45) is 15.6 Å². The number of alkyl halides is 3. The quantitative estimate of drug-likeness (QED) is 0.354. The van der Waals surface area contributed by atoms with E-state index in [1.165, 1.54) is 41.8 Å². The van der Waals surface area contributed by atoms with Gasteiger partial charge in [-0.25, -0.2) is 4.39 Å². The van der Waals surface area contributed by atoms with Crippen LogP contribution in [0.5, 0.6) is 5.75 Å². The molecule has 2 bridgehead atoms. The molecule has 2 aromatic carbocycles. The number of carboxylic acids is 1. The Bertz CT molecular complexity index is 1530. The van der Waals surface area contributed by atoms with Crippen LogP contribution in [0, 0.1) is 18.2 Å². The molecule has 3 aromatic rings. The number of carboxylic acid groups (broad SMARTS) is 1. The highest BCUT2D eigenvalue weighted by atomic mass is 35.5. The van der Waals surface area contributed by atoms with E-state index in [0.29, 0.717) is 16.2 Å². The van der Waals surface area contributed by atoms with Crippen molar-refractivity contribution in [3.05, 3.63) is 88.0 Å². The van der Waals surface area contributed by atoms with Gasteiger partial charge in [0.2, 0.25) is 5.88 Å². The Kier molecular flexibility index (Phi) is 5.78. The van der Waals surface area contributed by atoms with Crippen LogP contribution in [0.1, 0.15) is 24.2 Å². The molecule has 0 saturated carbocycles. The number of ether oxygens (including phenoxy) is 2. The number of hydrogen-bond donors (Lipinski definition) is 1. The fraction of sp³-hybridized carbons (Fsp3) is 0.240. The molecule has 2 aliphatic heterocycles. The summed E-state index contributed by atoms with van der Waals surface area (Å²) in [6.45, 7) is 2.35. The van der Waals surface area contributed by atoms with Crippen molar-refractivity contribution in [2.45, 2.75) is 32.6 Å². The molecule has 7 nitrogen and oxygen atoms in total. The number of fused-ring (bicyclic) bond motifs is 2. The standard InChI is InChI=1S/C25H18ClF4N3O4/c1-12-20(16-9-14(27)5-8-17(16)33(12)10-19(34)35)22-24(2)18(37-15-6-3-13(26)4-7-15)11-36-23(32-31-22)21(24)25(28,29)30/h3-9,11,22H,10H2,1-2H3,(H,34,35). The summed E-state index contributed by atoms with van der Waals surface area (Å²) in [5, 5.41) is 18.0. The molecule has 12 heteroatoms. The number of aromatic nitrogens is 1. The van der Waals surface area contributed by atoms with Gasteiger partial charge in [-0.1, -0.05) is 11.6 Å². The lowest BCUT2D eigenvalue weighted by atomic mass is 9.69. The van der Waals surface area contributed by atoms with E-state index < -0.39 is 47.4 Å². The molecule has 0 aliphatic carbocycles. The van der Waals surface area contributed by atoms with Gasteiger partial charge in [-0.3, -0.25) is 4.79 Å². The monoisotopic (exact) mass is 535 g/mol. The maximum absolute atomic E-state index is 14.5. The van der Waals surface area contributed by atoms with Crippen molar-refractivity contribution >= 4 is 28.5 Å². The van der Waals surface area contributed by atoms with Gasteiger partial charge >= 0.3 is 12.1 Å². The van der Waals surface area contributed by atoms with Gasteiger partial charge in [0, 0.05) is 27.2 Å². The Balaban J connectivity index is 1.74. The average Bonchev–Trinajstić information content (AvgIpc) is 3.06. The van der Waals surface area contributed by atoms with E-state index in [-0.39, 0.29) is 22.5 Å². The van der Waals surface area contributed by atoms with Crippen LogP contribution >= 0.6 is 11.6 Å². The van der Waals surface area contributed by atoms with Gasteiger partial charge in [-0.05, 0) is 56.3 Å². The molecule has 5 rings (SSSR count). The lowest BCUT2D eigenvalue weighted by Crippen LogP contribution is -2.42. The second kappa shape index (κ2) is 8.62. The number of nitrogens with zero attached hydrogens (tertiary/aromatic N) is 3. The van der Waals surface area contributed by atoms with Crippen molar-refractivity contribution in [1.82, 2.24) is 4.57 Å². The third-order valence-corrected chi connectivity index (χ3v) is 6.81. The van der Waals surface area contributed by atoms with E-state index in [2.05, 4.69) is 10.2 Å². The van der Waals surface area contributed by atoms with Gasteiger partial charge in [-0.2, -0.15) is 18.3 Å². The lowest BCUT2D eigenvalue weighted by Gasteiger charge is -2.42. The first-order chi connectivity index (χ1) is 17.4. The van der Waals surface area contributed by atoms with E-state index in [0.717, 1.165) is 18.4 Å². The normalized spacial score (nSPS) is 21.2. The molecule has 0 spiro atoms. The first kappa shape index (κ1) is 24.8. The topological polar surface area (TPSA) is 85.4 Å². The van der Waals surface area contributed by atoms with Crippen molar-refractivity contribution in [3.8, 4) is 5.75 Å². The van der Waals surface area contributed by atoms with Crippen molar-refractivity contribution in [1.29, 1.82) is 0 Å². The second-order valence-corrected chi connectivity index (χ2v) is 9.23. The van der Waals surface area contributed by atoms with E-state index >= 15 is 0 Å². The van der Waals surface area contributed by atoms with Gasteiger partial charge in [0.15, 0.2) is 5.76 Å². The molecule has 2 unspecified atom stereocenters. The van der Waals surface area contributed by atoms with Gasteiger partial charge in [-0.15, -0.1) is 5.11 Å². The SMILES string of the molecule is Cc1c(C2N=NC3=C(C(F)(F)F)C2(C)C(Oc2ccc(Cl)cc2)=CO3)c2cc(F)ccc2n1CC(=O)O. The molecule has 0 saturated heterocycles. The van der Waals surface area contributed by atoms with Crippen LogP contribution in [0.2, 0.25) is 5.02 Å². The molecule has 1 N–H and O–H groups in total. The zero-order valence-electron chi connectivity index (χ0n) is 19.3. The molecule has 1 aromatic heterocycles. The lowest BCUT2D eigenvalue weighted by molar-refractivity contribution is -0.137. The number of rotatable bonds is 5. The fourth-order valence-electron chi connectivity index (χ4n) is 4.89. The van der Waals surface area contributed by atoms with Crippen LogP contribution in [0.3, 0.4) is 0 Å². The number of carbonyl (C=O) groups is 1. The first-order valence-electron chi connectivity index (χ1n) is 10.9. The zero-order chi connectivity index (χ0) is 26.7. The molecular weight excluding hydrogens is 518 g/mol. The summed E-state index contributed by atoms with van der Waals surface area (Å²) < 4.78 is 70.4. The Morgan fingerprint density at radius 2 is 1.95 bits per heavy atom. The van der Waals surface area contributed by atoms with Crippen molar-refractivity contribution < 1.29 is 36.9 Å². The predicted molar refractivity (Wildman–Crippen MR) is 124 cm³/mol. The van der Waals surface area contributed by atoms with Gasteiger partial charge in [0.25, 0.3) is 0 Å². The minimum Gasteiger partial charge on any atom is -0.480 e. The highest BCUT2D eigenvalue weighted by molar-refractivity contribution is 6.30. The van der Waals surface area contributed by atoms with Gasteiger partial charge in [0.05, 0.1) is 5.41 Å². The molecule has 0 amide bonds. The fourth-order valence-corrected chi connectivity index (χ4v) is 5.02. The van der Waals surface area contributed by atoms with Crippen molar-refractivity contribution in [3.63, 3.8) is 0 Å². The summed E-state index contributed by atoms with van der Waals surface area (Å²) >= 11 is 5.92. The van der Waals surface area contributed by atoms with E-state index in [9.17, 15) is 27.5 Å². The Morgan fingerprint density at radius 1 is 1.24 bits per heavy atom. The predicted octanol–water partition coefficient (Wildman–Crippen LogP) is 7.06. The van der Waals surface area contributed by atoms with Crippen LogP contribution in [0.4, 0.5) is 17.6 Å². The van der Waals surface area contributed by atoms with E-state index in [1.807, 2.05) is 0 Å². The largest absolute Gasteiger partial charge is 0.480 e. The molecule has 2 aliphatic rings. The third kappa shape index (κ3) is 4.03. The number of azo groups is 1. The summed E-state index contributed by atoms with van der Waals surface area (Å²) in [5.74, 6) is -2.57. The number of halogens is 5. The Labute approximate surface area is 212 Å². The van der Waals surface area contributed by atoms with Gasteiger partial charge in [0.1, 0.15) is 36.0 Å². The number of benzene rings is 2. The maximum Gasteiger partial charge on any atom is 0.418 e. The molecule has 0 fully saturated rings. The minimum atomic E-state index is -4.90. The molecule has 2 atom stereocenters. The van der Waals surface area contributed by atoms with Crippen LogP contribution in [0.15, 0.2) is 76.2 Å². The number of hydrogen-bond acceptors (Lipinski definition) is 5. The molecule has 0 radical (unpaired) electrons. The van der Waals surface area contributed by atoms with Crippen LogP contribution < -0.4 is 4.74 Å². The van der Waals surface area contributed by atoms with Crippen LogP contribution in [0.25, 0.3) is 10.9 Å². The summed E-state index contributed by atoms with van der Waals surface area (Å²) in [5.41, 5.74) is -2.31. The first-order valence-corrected chi connectivity index (χ1v) is 11.3. The molecular formula is C25H18ClF4N3O4. The summed E-state index contributed by atoms with van der Waals surface area (Å²) in [6.07, 6.45) is -3.86. The average molecular weight is 536 g/mol. The van der Waals surface area contributed by atoms with Gasteiger partial charge < -0.3 is 19.1 Å². The molecule has 3 heterocycles. The smallest absolute Gasteiger partial charge is 0.418 e. The third-order valence-electron chi connectivity index (χ3n) is 6.56. The van der Waals surface area contributed by atoms with Crippen molar-refractivity contribution in [2.75, 3.05) is 0 Å². The Morgan fingerprint density at radius 3 is 2.59 bits per heavy atom. The number of aliphatic carboxylic acids is 1. The Hall–Kier alpha value is -3.86. The molecule has 37 heavy (non-hydrogen) atoms. The highest BCUT2D eigenvalue weighted by Gasteiger charge is 2.60. The highest BCUT2D eigenvalue weighted by Crippen LogP contribution is 2.60.